The quantitative estimate of drug-likeness (QED) is 0.609. The van der Waals surface area contributed by atoms with Crippen LogP contribution in [0.4, 0.5) is 4.79 Å². The maximum absolute atomic E-state index is 12.3. The summed E-state index contributed by atoms with van der Waals surface area (Å²) < 4.78 is 11.2. The lowest BCUT2D eigenvalue weighted by Crippen LogP contribution is -2.35. The largest absolute Gasteiger partial charge is 0.464 e. The molecular weight excluding hydrogens is 350 g/mol. The third-order valence-corrected chi connectivity index (χ3v) is 5.25. The van der Waals surface area contributed by atoms with E-state index in [2.05, 4.69) is 25.2 Å². The number of carbonyl (C=O) groups is 2. The van der Waals surface area contributed by atoms with Gasteiger partial charge in [0, 0.05) is 9.58 Å². The number of aryl methyl sites for hydroxylation is 2. The van der Waals surface area contributed by atoms with Crippen molar-refractivity contribution in [3.05, 3.63) is 39.9 Å². The van der Waals surface area contributed by atoms with Gasteiger partial charge in [-0.2, -0.15) is 0 Å². The van der Waals surface area contributed by atoms with Crippen molar-refractivity contribution in [3.63, 3.8) is 0 Å². The molecule has 2 rings (SSSR count). The highest BCUT2D eigenvalue weighted by Gasteiger charge is 2.23. The fourth-order valence-electron chi connectivity index (χ4n) is 2.60. The number of rotatable bonds is 3. The Morgan fingerprint density at radius 1 is 1.15 bits per heavy atom. The van der Waals surface area contributed by atoms with Gasteiger partial charge in [-0.25, -0.2) is 9.59 Å². The maximum Gasteiger partial charge on any atom is 0.412 e. The lowest BCUT2D eigenvalue weighted by Gasteiger charge is -2.21. The number of allylic oxidation sites excluding steroid dienone is 1. The summed E-state index contributed by atoms with van der Waals surface area (Å²) in [6, 6.07) is 5.94. The highest BCUT2D eigenvalue weighted by Crippen LogP contribution is 2.36. The zero-order valence-electron chi connectivity index (χ0n) is 16.3. The molecule has 1 aromatic carbocycles. The van der Waals surface area contributed by atoms with E-state index in [0.717, 1.165) is 15.6 Å². The van der Waals surface area contributed by atoms with Gasteiger partial charge in [-0.3, -0.25) is 5.32 Å². The number of carbonyl (C=O) groups excluding carboxylic acids is 2. The van der Waals surface area contributed by atoms with Gasteiger partial charge in [0.05, 0.1) is 7.11 Å². The topological polar surface area (TPSA) is 64.6 Å². The van der Waals surface area contributed by atoms with Crippen LogP contribution in [-0.2, 0) is 14.3 Å². The monoisotopic (exact) mass is 375 g/mol. The number of amides is 1. The summed E-state index contributed by atoms with van der Waals surface area (Å²) in [7, 11) is 1.28. The number of hydrogen-bond acceptors (Lipinski definition) is 5. The maximum atomic E-state index is 12.3. The third kappa shape index (κ3) is 4.25. The molecule has 0 spiro atoms. The van der Waals surface area contributed by atoms with E-state index in [0.29, 0.717) is 5.57 Å². The van der Waals surface area contributed by atoms with Crippen LogP contribution in [0.1, 0.15) is 43.7 Å². The first-order valence-electron chi connectivity index (χ1n) is 8.33. The van der Waals surface area contributed by atoms with E-state index in [1.54, 1.807) is 39.0 Å². The summed E-state index contributed by atoms with van der Waals surface area (Å²) in [6.45, 7) is 11.2. The highest BCUT2D eigenvalue weighted by molar-refractivity contribution is 7.19. The van der Waals surface area contributed by atoms with Gasteiger partial charge in [0.1, 0.15) is 11.3 Å². The third-order valence-electron chi connectivity index (χ3n) is 4.00. The molecule has 0 saturated carbocycles. The van der Waals surface area contributed by atoms with Crippen LogP contribution in [0.25, 0.3) is 15.7 Å². The summed E-state index contributed by atoms with van der Waals surface area (Å²) in [5.41, 5.74) is 2.16. The van der Waals surface area contributed by atoms with Gasteiger partial charge >= 0.3 is 12.1 Å². The highest BCUT2D eigenvalue weighted by atomic mass is 32.1. The minimum atomic E-state index is -0.692. The number of methoxy groups -OCH3 is 1. The molecular formula is C20H25NO4S. The number of hydrogen-bond donors (Lipinski definition) is 1. The SMILES string of the molecule is COC(=O)/C(NC(=O)OC(C)(C)C)=C(\C)c1cccc2c(C)c(C)sc12. The number of benzene rings is 1. The molecule has 0 atom stereocenters. The molecule has 1 amide bonds. The molecule has 26 heavy (non-hydrogen) atoms. The average molecular weight is 375 g/mol. The summed E-state index contributed by atoms with van der Waals surface area (Å²) in [6.07, 6.45) is -0.692. The fraction of sp³-hybridized carbons (Fsp3) is 0.400. The predicted molar refractivity (Wildman–Crippen MR) is 105 cm³/mol. The Kier molecular flexibility index (Phi) is 5.76. The Labute approximate surface area is 158 Å². The van der Waals surface area contributed by atoms with Crippen LogP contribution in [-0.4, -0.2) is 24.8 Å². The molecule has 1 aromatic heterocycles. The molecule has 0 bridgehead atoms. The predicted octanol–water partition coefficient (Wildman–Crippen LogP) is 4.95. The lowest BCUT2D eigenvalue weighted by molar-refractivity contribution is -0.136. The summed E-state index contributed by atoms with van der Waals surface area (Å²) in [5.74, 6) is -0.615. The van der Waals surface area contributed by atoms with Gasteiger partial charge in [-0.1, -0.05) is 18.2 Å². The zero-order chi connectivity index (χ0) is 19.6. The van der Waals surface area contributed by atoms with Crippen molar-refractivity contribution in [2.75, 3.05) is 7.11 Å². The number of thiophene rings is 1. The standard InChI is InChI=1S/C20H25NO4S/c1-11-13(3)26-17-14(11)9-8-10-15(17)12(2)16(18(22)24-7)21-19(23)25-20(4,5)6/h8-10H,1-7H3,(H,21,23)/b16-12-. The number of nitrogens with one attached hydrogen (secondary N) is 1. The van der Waals surface area contributed by atoms with Crippen LogP contribution in [0.15, 0.2) is 23.9 Å². The van der Waals surface area contributed by atoms with Gasteiger partial charge in [-0.15, -0.1) is 11.3 Å². The van der Waals surface area contributed by atoms with Crippen LogP contribution >= 0.6 is 11.3 Å². The van der Waals surface area contributed by atoms with E-state index in [9.17, 15) is 9.59 Å². The Hall–Kier alpha value is -2.34. The Morgan fingerprint density at radius 2 is 1.81 bits per heavy atom. The Bertz CT molecular complexity index is 887. The van der Waals surface area contributed by atoms with Crippen molar-refractivity contribution < 1.29 is 19.1 Å². The zero-order valence-corrected chi connectivity index (χ0v) is 17.1. The minimum absolute atomic E-state index is 0.0814. The van der Waals surface area contributed by atoms with E-state index >= 15 is 0 Å². The van der Waals surface area contributed by atoms with Crippen LogP contribution < -0.4 is 5.32 Å². The lowest BCUT2D eigenvalue weighted by atomic mass is 10.0. The minimum Gasteiger partial charge on any atom is -0.464 e. The molecule has 0 fully saturated rings. The van der Waals surface area contributed by atoms with Gasteiger partial charge in [0.2, 0.25) is 0 Å². The van der Waals surface area contributed by atoms with E-state index in [-0.39, 0.29) is 5.70 Å². The first kappa shape index (κ1) is 20.0. The molecule has 0 saturated heterocycles. The second kappa shape index (κ2) is 7.50. The second-order valence-corrected chi connectivity index (χ2v) is 8.31. The fourth-order valence-corrected chi connectivity index (χ4v) is 3.83. The van der Waals surface area contributed by atoms with Crippen molar-refractivity contribution in [1.29, 1.82) is 0 Å². The van der Waals surface area contributed by atoms with Crippen LogP contribution in [0.5, 0.6) is 0 Å². The number of esters is 1. The molecule has 2 aromatic rings. The number of fused-ring (bicyclic) bond motifs is 1. The molecule has 0 aliphatic heterocycles. The van der Waals surface area contributed by atoms with E-state index in [1.807, 2.05) is 12.1 Å². The van der Waals surface area contributed by atoms with Gasteiger partial charge < -0.3 is 9.47 Å². The molecule has 1 N–H and O–H groups in total. The number of ether oxygens (including phenoxy) is 2. The van der Waals surface area contributed by atoms with Crippen molar-refractivity contribution in [1.82, 2.24) is 5.32 Å². The van der Waals surface area contributed by atoms with Gasteiger partial charge in [-0.05, 0) is 63.6 Å². The molecule has 6 heteroatoms. The summed E-state index contributed by atoms with van der Waals surface area (Å²) in [5, 5.41) is 3.70. The smallest absolute Gasteiger partial charge is 0.412 e. The van der Waals surface area contributed by atoms with Crippen LogP contribution in [0.3, 0.4) is 0 Å². The van der Waals surface area contributed by atoms with Crippen LogP contribution in [0.2, 0.25) is 0 Å². The summed E-state index contributed by atoms with van der Waals surface area (Å²) in [4.78, 5) is 25.7. The first-order valence-corrected chi connectivity index (χ1v) is 9.15. The molecule has 0 aliphatic carbocycles. The molecule has 0 unspecified atom stereocenters. The normalized spacial score (nSPS) is 12.6. The Balaban J connectivity index is 2.55. The molecule has 140 valence electrons. The van der Waals surface area contributed by atoms with Crippen molar-refractivity contribution >= 4 is 39.1 Å². The molecule has 5 nitrogen and oxygen atoms in total. The van der Waals surface area contributed by atoms with E-state index in [1.165, 1.54) is 17.6 Å². The van der Waals surface area contributed by atoms with Gasteiger partial charge in [0.25, 0.3) is 0 Å². The molecule has 1 heterocycles. The second-order valence-electron chi connectivity index (χ2n) is 7.08. The average Bonchev–Trinajstić information content (AvgIpc) is 2.84. The van der Waals surface area contributed by atoms with Crippen molar-refractivity contribution in [2.24, 2.45) is 0 Å². The van der Waals surface area contributed by atoms with Crippen molar-refractivity contribution in [2.45, 2.75) is 47.1 Å². The summed E-state index contributed by atoms with van der Waals surface area (Å²) >= 11 is 1.67. The molecule has 0 aliphatic rings. The first-order chi connectivity index (χ1) is 12.0. The Morgan fingerprint density at radius 3 is 2.38 bits per heavy atom. The van der Waals surface area contributed by atoms with E-state index in [4.69, 9.17) is 9.47 Å². The number of alkyl carbamates (subject to hydrolysis) is 1. The van der Waals surface area contributed by atoms with E-state index < -0.39 is 17.7 Å². The van der Waals surface area contributed by atoms with Crippen molar-refractivity contribution in [3.8, 4) is 0 Å². The molecule has 0 radical (unpaired) electrons. The van der Waals surface area contributed by atoms with Crippen LogP contribution in [0, 0.1) is 13.8 Å². The van der Waals surface area contributed by atoms with Gasteiger partial charge in [0.15, 0.2) is 0 Å².